The Morgan fingerprint density at radius 1 is 1.14 bits per heavy atom. The third-order valence-corrected chi connectivity index (χ3v) is 6.94. The van der Waals surface area contributed by atoms with E-state index in [0.717, 1.165) is 36.5 Å². The van der Waals surface area contributed by atoms with E-state index in [9.17, 15) is 9.90 Å². The Bertz CT molecular complexity index is 383. The second kappa shape index (κ2) is 6.45. The van der Waals surface area contributed by atoms with Crippen molar-refractivity contribution in [1.82, 2.24) is 5.32 Å². The number of hydrogen-bond donors (Lipinski definition) is 2. The lowest BCUT2D eigenvalue weighted by molar-refractivity contribution is -0.149. The van der Waals surface area contributed by atoms with E-state index < -0.39 is 11.4 Å². The fourth-order valence-electron chi connectivity index (χ4n) is 5.51. The van der Waals surface area contributed by atoms with E-state index in [1.165, 1.54) is 32.1 Å². The van der Waals surface area contributed by atoms with Gasteiger partial charge in [-0.05, 0) is 62.2 Å². The maximum absolute atomic E-state index is 11.6. The van der Waals surface area contributed by atoms with Crippen LogP contribution in [0.1, 0.15) is 58.8 Å². The summed E-state index contributed by atoms with van der Waals surface area (Å²) in [6, 6.07) is 0.594. The minimum Gasteiger partial charge on any atom is -0.481 e. The number of aliphatic carboxylic acids is 1. The molecule has 0 aromatic carbocycles. The molecule has 3 nitrogen and oxygen atoms in total. The van der Waals surface area contributed by atoms with E-state index in [1.807, 2.05) is 13.8 Å². The van der Waals surface area contributed by atoms with Crippen LogP contribution in [0.2, 0.25) is 0 Å². The molecule has 4 heteroatoms. The van der Waals surface area contributed by atoms with Gasteiger partial charge in [-0.25, -0.2) is 0 Å². The molecule has 2 N–H and O–H groups in total. The van der Waals surface area contributed by atoms with Crippen molar-refractivity contribution in [2.75, 3.05) is 6.54 Å². The SMILES string of the molecule is CCC(CC)(CNC1CC2CC1C1CCCC21)C(=O)O.Cl. The molecule has 3 aliphatic rings. The van der Waals surface area contributed by atoms with Gasteiger partial charge < -0.3 is 10.4 Å². The minimum absolute atomic E-state index is 0. The summed E-state index contributed by atoms with van der Waals surface area (Å²) < 4.78 is 0. The van der Waals surface area contributed by atoms with Crippen LogP contribution in [0.4, 0.5) is 0 Å². The summed E-state index contributed by atoms with van der Waals surface area (Å²) in [5.74, 6) is 3.12. The van der Waals surface area contributed by atoms with Crippen LogP contribution in [0, 0.1) is 29.1 Å². The third-order valence-electron chi connectivity index (χ3n) is 6.94. The van der Waals surface area contributed by atoms with Gasteiger partial charge in [-0.1, -0.05) is 20.3 Å². The molecule has 0 amide bonds. The number of halogens is 1. The predicted molar refractivity (Wildman–Crippen MR) is 86.7 cm³/mol. The summed E-state index contributed by atoms with van der Waals surface area (Å²) in [6.45, 7) is 4.67. The largest absolute Gasteiger partial charge is 0.481 e. The maximum Gasteiger partial charge on any atom is 0.310 e. The number of hydrogen-bond acceptors (Lipinski definition) is 2. The van der Waals surface area contributed by atoms with Crippen LogP contribution in [-0.2, 0) is 4.79 Å². The number of fused-ring (bicyclic) bond motifs is 5. The average molecular weight is 316 g/mol. The minimum atomic E-state index is -0.628. The lowest BCUT2D eigenvalue weighted by Crippen LogP contribution is -2.47. The molecule has 5 atom stereocenters. The Morgan fingerprint density at radius 3 is 2.43 bits per heavy atom. The molecule has 3 rings (SSSR count). The Balaban J connectivity index is 0.00000161. The van der Waals surface area contributed by atoms with Crippen molar-refractivity contribution in [3.63, 3.8) is 0 Å². The van der Waals surface area contributed by atoms with Gasteiger partial charge in [0.25, 0.3) is 0 Å². The first-order valence-electron chi connectivity index (χ1n) is 8.58. The molecule has 0 aromatic rings. The third kappa shape index (κ3) is 2.72. The summed E-state index contributed by atoms with van der Waals surface area (Å²) in [5, 5.41) is 13.2. The fourth-order valence-corrected chi connectivity index (χ4v) is 5.51. The summed E-state index contributed by atoms with van der Waals surface area (Å²) in [5.41, 5.74) is -0.559. The molecule has 0 aromatic heterocycles. The van der Waals surface area contributed by atoms with Crippen molar-refractivity contribution in [2.45, 2.75) is 64.8 Å². The fraction of sp³-hybridized carbons (Fsp3) is 0.941. The second-order valence-corrected chi connectivity index (χ2v) is 7.43. The Labute approximate surface area is 134 Å². The molecule has 3 fully saturated rings. The van der Waals surface area contributed by atoms with E-state index in [4.69, 9.17) is 0 Å². The van der Waals surface area contributed by atoms with Crippen molar-refractivity contribution in [3.8, 4) is 0 Å². The van der Waals surface area contributed by atoms with E-state index in [2.05, 4.69) is 5.32 Å². The van der Waals surface area contributed by atoms with Gasteiger partial charge in [0.05, 0.1) is 5.41 Å². The van der Waals surface area contributed by atoms with Gasteiger partial charge in [0.1, 0.15) is 0 Å². The van der Waals surface area contributed by atoms with Gasteiger partial charge in [-0.3, -0.25) is 4.79 Å². The van der Waals surface area contributed by atoms with Crippen LogP contribution in [0.25, 0.3) is 0 Å². The summed E-state index contributed by atoms with van der Waals surface area (Å²) in [6.07, 6.45) is 8.47. The molecule has 3 saturated carbocycles. The van der Waals surface area contributed by atoms with E-state index in [0.29, 0.717) is 12.6 Å². The number of nitrogens with one attached hydrogen (secondary N) is 1. The van der Waals surface area contributed by atoms with Crippen molar-refractivity contribution < 1.29 is 9.90 Å². The number of carboxylic acid groups (broad SMARTS) is 1. The van der Waals surface area contributed by atoms with Crippen LogP contribution in [-0.4, -0.2) is 23.7 Å². The van der Waals surface area contributed by atoms with Crippen molar-refractivity contribution >= 4 is 18.4 Å². The lowest BCUT2D eigenvalue weighted by Gasteiger charge is -2.35. The lowest BCUT2D eigenvalue weighted by atomic mass is 9.77. The zero-order valence-electron chi connectivity index (χ0n) is 13.3. The number of carboxylic acids is 1. The first kappa shape index (κ1) is 17.1. The molecule has 0 spiro atoms. The first-order valence-corrected chi connectivity index (χ1v) is 8.58. The van der Waals surface area contributed by atoms with Crippen LogP contribution in [0.3, 0.4) is 0 Å². The normalized spacial score (nSPS) is 37.3. The highest BCUT2D eigenvalue weighted by molar-refractivity contribution is 5.85. The maximum atomic E-state index is 11.6. The van der Waals surface area contributed by atoms with E-state index >= 15 is 0 Å². The van der Waals surface area contributed by atoms with Gasteiger partial charge in [0.15, 0.2) is 0 Å². The van der Waals surface area contributed by atoms with Gasteiger partial charge >= 0.3 is 5.97 Å². The van der Waals surface area contributed by atoms with E-state index in [-0.39, 0.29) is 12.4 Å². The molecule has 3 aliphatic carbocycles. The molecular formula is C17H30ClNO2. The van der Waals surface area contributed by atoms with Crippen molar-refractivity contribution in [3.05, 3.63) is 0 Å². The van der Waals surface area contributed by atoms with Crippen LogP contribution >= 0.6 is 12.4 Å². The average Bonchev–Trinajstić information content (AvgIpc) is 3.12. The van der Waals surface area contributed by atoms with Gasteiger partial charge in [0.2, 0.25) is 0 Å². The summed E-state index contributed by atoms with van der Waals surface area (Å²) in [4.78, 5) is 11.6. The molecule has 0 aliphatic heterocycles. The summed E-state index contributed by atoms with van der Waals surface area (Å²) >= 11 is 0. The molecule has 5 unspecified atom stereocenters. The molecule has 2 bridgehead atoms. The molecule has 0 saturated heterocycles. The van der Waals surface area contributed by atoms with Crippen LogP contribution in [0.5, 0.6) is 0 Å². The zero-order valence-corrected chi connectivity index (χ0v) is 14.1. The highest BCUT2D eigenvalue weighted by Crippen LogP contribution is 2.58. The zero-order chi connectivity index (χ0) is 14.3. The topological polar surface area (TPSA) is 49.3 Å². The van der Waals surface area contributed by atoms with Crippen LogP contribution in [0.15, 0.2) is 0 Å². The highest BCUT2D eigenvalue weighted by Gasteiger charge is 2.53. The number of carbonyl (C=O) groups is 1. The quantitative estimate of drug-likeness (QED) is 0.785. The Kier molecular flexibility index (Phi) is 5.25. The standard InChI is InChI=1S/C17H29NO2.ClH/c1-3-17(4-2,16(19)20)10-18-15-9-11-8-14(15)13-7-5-6-12(11)13;/h11-15,18H,3-10H2,1-2H3,(H,19,20);1H. The molecule has 0 heterocycles. The van der Waals surface area contributed by atoms with Gasteiger partial charge in [-0.15, -0.1) is 12.4 Å². The van der Waals surface area contributed by atoms with E-state index in [1.54, 1.807) is 0 Å². The molecule has 122 valence electrons. The predicted octanol–water partition coefficient (Wildman–Crippen LogP) is 3.71. The highest BCUT2D eigenvalue weighted by atomic mass is 35.5. The molecule has 21 heavy (non-hydrogen) atoms. The smallest absolute Gasteiger partial charge is 0.310 e. The van der Waals surface area contributed by atoms with Crippen LogP contribution < -0.4 is 5.32 Å². The monoisotopic (exact) mass is 315 g/mol. The van der Waals surface area contributed by atoms with Gasteiger partial charge in [-0.2, -0.15) is 0 Å². The second-order valence-electron chi connectivity index (χ2n) is 7.43. The Morgan fingerprint density at radius 2 is 1.81 bits per heavy atom. The van der Waals surface area contributed by atoms with Crippen molar-refractivity contribution in [1.29, 1.82) is 0 Å². The van der Waals surface area contributed by atoms with Gasteiger partial charge in [0, 0.05) is 12.6 Å². The Hall–Kier alpha value is -0.280. The van der Waals surface area contributed by atoms with Crippen molar-refractivity contribution in [2.24, 2.45) is 29.1 Å². The molecule has 0 radical (unpaired) electrons. The molecular weight excluding hydrogens is 286 g/mol. The summed E-state index contributed by atoms with van der Waals surface area (Å²) in [7, 11) is 0. The number of rotatable bonds is 6. The first-order chi connectivity index (χ1) is 9.61.